The van der Waals surface area contributed by atoms with Crippen molar-refractivity contribution in [1.29, 1.82) is 0 Å². The van der Waals surface area contributed by atoms with Gasteiger partial charge in [-0.25, -0.2) is 4.79 Å². The molecule has 0 bridgehead atoms. The van der Waals surface area contributed by atoms with Crippen LogP contribution < -0.4 is 5.32 Å². The summed E-state index contributed by atoms with van der Waals surface area (Å²) >= 11 is 0. The summed E-state index contributed by atoms with van der Waals surface area (Å²) < 4.78 is 4.86. The summed E-state index contributed by atoms with van der Waals surface area (Å²) in [4.78, 5) is 39.6. The first-order chi connectivity index (χ1) is 14.0. The molecule has 1 heterocycles. The Labute approximate surface area is 170 Å². The summed E-state index contributed by atoms with van der Waals surface area (Å²) in [6.07, 6.45) is 1.41. The van der Waals surface area contributed by atoms with E-state index in [1.807, 2.05) is 37.3 Å². The van der Waals surface area contributed by atoms with Crippen molar-refractivity contribution in [2.24, 2.45) is 5.92 Å². The molecule has 0 aromatic heterocycles. The van der Waals surface area contributed by atoms with Crippen LogP contribution in [0.3, 0.4) is 0 Å². The third-order valence-corrected chi connectivity index (χ3v) is 5.23. The van der Waals surface area contributed by atoms with Crippen LogP contribution in [-0.2, 0) is 14.3 Å². The summed E-state index contributed by atoms with van der Waals surface area (Å²) in [5, 5.41) is 2.81. The lowest BCUT2D eigenvalue weighted by molar-refractivity contribution is -0.146. The fraction of sp³-hybridized carbons (Fsp3) is 0.348. The zero-order chi connectivity index (χ0) is 20.8. The SMILES string of the molecule is COC(=O)C(NC(=O)C1CCCN(C(=O)c2ccc(C)cc2)C1)c1ccccc1. The highest BCUT2D eigenvalue weighted by Crippen LogP contribution is 2.21. The Hall–Kier alpha value is -3.15. The lowest BCUT2D eigenvalue weighted by atomic mass is 9.95. The molecule has 2 unspecified atom stereocenters. The van der Waals surface area contributed by atoms with Crippen LogP contribution in [0.1, 0.15) is 40.4 Å². The molecular formula is C23H26N2O4. The van der Waals surface area contributed by atoms with Crippen molar-refractivity contribution >= 4 is 17.8 Å². The third-order valence-electron chi connectivity index (χ3n) is 5.23. The molecule has 1 aliphatic heterocycles. The van der Waals surface area contributed by atoms with Crippen molar-refractivity contribution in [3.63, 3.8) is 0 Å². The average molecular weight is 394 g/mol. The van der Waals surface area contributed by atoms with Crippen LogP contribution in [0.4, 0.5) is 0 Å². The third kappa shape index (κ3) is 5.02. The van der Waals surface area contributed by atoms with E-state index >= 15 is 0 Å². The molecule has 1 saturated heterocycles. The lowest BCUT2D eigenvalue weighted by Crippen LogP contribution is -2.47. The number of ether oxygens (including phenoxy) is 1. The number of carbonyl (C=O) groups excluding carboxylic acids is 3. The van der Waals surface area contributed by atoms with E-state index in [1.165, 1.54) is 7.11 Å². The Kier molecular flexibility index (Phi) is 6.65. The number of hydrogen-bond acceptors (Lipinski definition) is 4. The van der Waals surface area contributed by atoms with Gasteiger partial charge in [0.15, 0.2) is 6.04 Å². The normalized spacial score (nSPS) is 17.3. The maximum Gasteiger partial charge on any atom is 0.333 e. The van der Waals surface area contributed by atoms with Crippen molar-refractivity contribution in [3.05, 3.63) is 71.3 Å². The number of carbonyl (C=O) groups is 3. The van der Waals surface area contributed by atoms with Crippen LogP contribution >= 0.6 is 0 Å². The molecule has 1 aliphatic rings. The van der Waals surface area contributed by atoms with Gasteiger partial charge < -0.3 is 15.0 Å². The van der Waals surface area contributed by atoms with Crippen LogP contribution in [0.15, 0.2) is 54.6 Å². The first-order valence-electron chi connectivity index (χ1n) is 9.78. The number of esters is 1. The van der Waals surface area contributed by atoms with E-state index in [0.29, 0.717) is 30.6 Å². The van der Waals surface area contributed by atoms with Gasteiger partial charge in [0.05, 0.1) is 13.0 Å². The molecule has 1 fully saturated rings. The minimum Gasteiger partial charge on any atom is -0.467 e. The smallest absolute Gasteiger partial charge is 0.333 e. The summed E-state index contributed by atoms with van der Waals surface area (Å²) in [6.45, 7) is 2.93. The van der Waals surface area contributed by atoms with Crippen LogP contribution in [0.25, 0.3) is 0 Å². The quantitative estimate of drug-likeness (QED) is 0.792. The minimum absolute atomic E-state index is 0.0740. The van der Waals surface area contributed by atoms with Crippen molar-refractivity contribution in [1.82, 2.24) is 10.2 Å². The van der Waals surface area contributed by atoms with Crippen molar-refractivity contribution in [3.8, 4) is 0 Å². The van der Waals surface area contributed by atoms with Crippen molar-refractivity contribution < 1.29 is 19.1 Å². The van der Waals surface area contributed by atoms with Crippen molar-refractivity contribution in [2.45, 2.75) is 25.8 Å². The Morgan fingerprint density at radius 3 is 2.41 bits per heavy atom. The summed E-state index contributed by atoms with van der Waals surface area (Å²) in [6, 6.07) is 15.6. The van der Waals surface area contributed by atoms with Gasteiger partial charge in [-0.15, -0.1) is 0 Å². The highest BCUT2D eigenvalue weighted by atomic mass is 16.5. The van der Waals surface area contributed by atoms with Gasteiger partial charge in [0.25, 0.3) is 5.91 Å². The highest BCUT2D eigenvalue weighted by Gasteiger charge is 2.32. The van der Waals surface area contributed by atoms with Crippen LogP contribution in [-0.4, -0.2) is 42.9 Å². The van der Waals surface area contributed by atoms with Crippen LogP contribution in [0.2, 0.25) is 0 Å². The zero-order valence-electron chi connectivity index (χ0n) is 16.8. The van der Waals surface area contributed by atoms with E-state index in [4.69, 9.17) is 4.74 Å². The van der Waals surface area contributed by atoms with Gasteiger partial charge >= 0.3 is 5.97 Å². The maximum absolute atomic E-state index is 12.9. The predicted octanol–water partition coefficient (Wildman–Crippen LogP) is 2.88. The molecule has 152 valence electrons. The Morgan fingerprint density at radius 1 is 1.07 bits per heavy atom. The lowest BCUT2D eigenvalue weighted by Gasteiger charge is -2.33. The van der Waals surface area contributed by atoms with Gasteiger partial charge in [-0.05, 0) is 37.5 Å². The number of piperidine rings is 1. The van der Waals surface area contributed by atoms with E-state index in [1.54, 1.807) is 29.2 Å². The summed E-state index contributed by atoms with van der Waals surface area (Å²) in [5.74, 6) is -1.21. The monoisotopic (exact) mass is 394 g/mol. The number of hydrogen-bond donors (Lipinski definition) is 1. The van der Waals surface area contributed by atoms with E-state index in [9.17, 15) is 14.4 Å². The standard InChI is InChI=1S/C23H26N2O4/c1-16-10-12-18(13-11-16)22(27)25-14-6-9-19(15-25)21(26)24-20(23(28)29-2)17-7-4-3-5-8-17/h3-5,7-8,10-13,19-20H,6,9,14-15H2,1-2H3,(H,24,26). The molecule has 2 aromatic carbocycles. The second kappa shape index (κ2) is 9.37. The topological polar surface area (TPSA) is 75.7 Å². The molecule has 2 amide bonds. The van der Waals surface area contributed by atoms with Gasteiger partial charge in [0, 0.05) is 18.7 Å². The van der Waals surface area contributed by atoms with Gasteiger partial charge in [-0.1, -0.05) is 48.0 Å². The first-order valence-corrected chi connectivity index (χ1v) is 9.78. The van der Waals surface area contributed by atoms with Crippen molar-refractivity contribution in [2.75, 3.05) is 20.2 Å². The number of nitrogens with zero attached hydrogens (tertiary/aromatic N) is 1. The molecule has 0 saturated carbocycles. The molecule has 0 aliphatic carbocycles. The van der Waals surface area contributed by atoms with Gasteiger partial charge in [0.1, 0.15) is 0 Å². The summed E-state index contributed by atoms with van der Waals surface area (Å²) in [7, 11) is 1.30. The number of likely N-dealkylation sites (tertiary alicyclic amines) is 1. The fourth-order valence-corrected chi connectivity index (χ4v) is 3.56. The van der Waals surface area contributed by atoms with E-state index < -0.39 is 12.0 Å². The Morgan fingerprint density at radius 2 is 1.76 bits per heavy atom. The predicted molar refractivity (Wildman–Crippen MR) is 109 cm³/mol. The van der Waals surface area contributed by atoms with Crippen LogP contribution in [0.5, 0.6) is 0 Å². The largest absolute Gasteiger partial charge is 0.467 e. The van der Waals surface area contributed by atoms with Gasteiger partial charge in [-0.2, -0.15) is 0 Å². The molecule has 29 heavy (non-hydrogen) atoms. The highest BCUT2D eigenvalue weighted by molar-refractivity contribution is 5.95. The fourth-order valence-electron chi connectivity index (χ4n) is 3.56. The second-order valence-electron chi connectivity index (χ2n) is 7.33. The number of benzene rings is 2. The summed E-state index contributed by atoms with van der Waals surface area (Å²) in [5.41, 5.74) is 2.37. The van der Waals surface area contributed by atoms with E-state index in [0.717, 1.165) is 12.0 Å². The van der Waals surface area contributed by atoms with Crippen LogP contribution in [0, 0.1) is 12.8 Å². The molecular weight excluding hydrogens is 368 g/mol. The average Bonchev–Trinajstić information content (AvgIpc) is 2.77. The van der Waals surface area contributed by atoms with Gasteiger partial charge in [0.2, 0.25) is 5.91 Å². The molecule has 2 aromatic rings. The molecule has 0 spiro atoms. The molecule has 2 atom stereocenters. The van der Waals surface area contributed by atoms with E-state index in [2.05, 4.69) is 5.32 Å². The molecule has 6 heteroatoms. The minimum atomic E-state index is -0.864. The Balaban J connectivity index is 1.69. The Bertz CT molecular complexity index is 864. The second-order valence-corrected chi connectivity index (χ2v) is 7.33. The first kappa shape index (κ1) is 20.6. The number of amides is 2. The van der Waals surface area contributed by atoms with Gasteiger partial charge in [-0.3, -0.25) is 9.59 Å². The number of aryl methyl sites for hydroxylation is 1. The number of rotatable bonds is 5. The zero-order valence-corrected chi connectivity index (χ0v) is 16.8. The molecule has 0 radical (unpaired) electrons. The van der Waals surface area contributed by atoms with E-state index in [-0.39, 0.29) is 17.7 Å². The number of methoxy groups -OCH3 is 1. The molecule has 6 nitrogen and oxygen atoms in total. The maximum atomic E-state index is 12.9. The number of nitrogens with one attached hydrogen (secondary N) is 1. The molecule has 3 rings (SSSR count). The molecule has 1 N–H and O–H groups in total.